The van der Waals surface area contributed by atoms with Gasteiger partial charge in [-0.2, -0.15) is 5.10 Å². The molecule has 86 valence electrons. The van der Waals surface area contributed by atoms with Crippen molar-refractivity contribution in [3.63, 3.8) is 0 Å². The highest BCUT2D eigenvalue weighted by Crippen LogP contribution is 2.13. The molecule has 2 rings (SSSR count). The molecule has 0 spiro atoms. The van der Waals surface area contributed by atoms with Crippen molar-refractivity contribution in [2.45, 2.75) is 13.8 Å². The Kier molecular flexibility index (Phi) is 3.19. The zero-order valence-corrected chi connectivity index (χ0v) is 9.92. The molecule has 0 amide bonds. The van der Waals surface area contributed by atoms with E-state index in [2.05, 4.69) is 5.10 Å². The molecule has 0 unspecified atom stereocenters. The zero-order chi connectivity index (χ0) is 12.3. The monoisotopic (exact) mass is 226 g/mol. The third-order valence-corrected chi connectivity index (χ3v) is 2.46. The van der Waals surface area contributed by atoms with Crippen molar-refractivity contribution in [3.8, 4) is 0 Å². The summed E-state index contributed by atoms with van der Waals surface area (Å²) >= 11 is 0. The molecule has 3 nitrogen and oxygen atoms in total. The SMILES string of the molecule is CC(=O)/C(=C/c1cccc(C)c1)n1cccn1. The van der Waals surface area contributed by atoms with Gasteiger partial charge in [-0.3, -0.25) is 4.79 Å². The number of allylic oxidation sites excluding steroid dienone is 1. The summed E-state index contributed by atoms with van der Waals surface area (Å²) in [5, 5.41) is 4.08. The average molecular weight is 226 g/mol. The minimum Gasteiger partial charge on any atom is -0.293 e. The fourth-order valence-electron chi connectivity index (χ4n) is 1.66. The second-order valence-corrected chi connectivity index (χ2v) is 3.95. The van der Waals surface area contributed by atoms with Gasteiger partial charge in [-0.1, -0.05) is 29.8 Å². The lowest BCUT2D eigenvalue weighted by molar-refractivity contribution is -0.112. The van der Waals surface area contributed by atoms with Crippen LogP contribution < -0.4 is 0 Å². The van der Waals surface area contributed by atoms with Crippen molar-refractivity contribution >= 4 is 17.6 Å². The minimum absolute atomic E-state index is 0.00444. The highest BCUT2D eigenvalue weighted by molar-refractivity contribution is 6.18. The molecule has 1 heterocycles. The van der Waals surface area contributed by atoms with Crippen molar-refractivity contribution < 1.29 is 4.79 Å². The number of hydrogen-bond acceptors (Lipinski definition) is 2. The third kappa shape index (κ3) is 2.69. The Morgan fingerprint density at radius 1 is 1.35 bits per heavy atom. The lowest BCUT2D eigenvalue weighted by Crippen LogP contribution is -2.05. The lowest BCUT2D eigenvalue weighted by Gasteiger charge is -2.04. The molecule has 0 fully saturated rings. The van der Waals surface area contributed by atoms with E-state index in [4.69, 9.17) is 0 Å². The smallest absolute Gasteiger partial charge is 0.178 e. The van der Waals surface area contributed by atoms with Crippen molar-refractivity contribution in [2.75, 3.05) is 0 Å². The topological polar surface area (TPSA) is 34.9 Å². The van der Waals surface area contributed by atoms with Gasteiger partial charge >= 0.3 is 0 Å². The first-order chi connectivity index (χ1) is 8.16. The molecule has 17 heavy (non-hydrogen) atoms. The first kappa shape index (κ1) is 11.3. The number of rotatable bonds is 3. The summed E-state index contributed by atoms with van der Waals surface area (Å²) in [5.74, 6) is -0.00444. The van der Waals surface area contributed by atoms with E-state index in [-0.39, 0.29) is 5.78 Å². The second-order valence-electron chi connectivity index (χ2n) is 3.95. The first-order valence-electron chi connectivity index (χ1n) is 5.46. The van der Waals surface area contributed by atoms with Gasteiger partial charge in [-0.05, 0) is 24.6 Å². The highest BCUT2D eigenvalue weighted by Gasteiger charge is 2.06. The maximum absolute atomic E-state index is 11.6. The Morgan fingerprint density at radius 2 is 2.18 bits per heavy atom. The number of hydrogen-bond donors (Lipinski definition) is 0. The van der Waals surface area contributed by atoms with Crippen LogP contribution in [0.1, 0.15) is 18.1 Å². The Morgan fingerprint density at radius 3 is 2.76 bits per heavy atom. The van der Waals surface area contributed by atoms with E-state index in [0.29, 0.717) is 5.70 Å². The molecule has 0 saturated carbocycles. The number of ketones is 1. The van der Waals surface area contributed by atoms with Crippen LogP contribution in [0.3, 0.4) is 0 Å². The molecule has 2 aromatic rings. The summed E-state index contributed by atoms with van der Waals surface area (Å²) in [5.41, 5.74) is 2.74. The molecule has 0 atom stereocenters. The van der Waals surface area contributed by atoms with Gasteiger partial charge in [0.05, 0.1) is 0 Å². The molecular weight excluding hydrogens is 212 g/mol. The number of Topliss-reactive ketones (excluding diaryl/α,β-unsaturated/α-hetero) is 1. The van der Waals surface area contributed by atoms with Gasteiger partial charge in [0.15, 0.2) is 5.78 Å². The summed E-state index contributed by atoms with van der Waals surface area (Å²) in [6.07, 6.45) is 5.28. The van der Waals surface area contributed by atoms with Gasteiger partial charge in [0.1, 0.15) is 5.70 Å². The van der Waals surface area contributed by atoms with E-state index in [1.807, 2.05) is 37.3 Å². The largest absolute Gasteiger partial charge is 0.293 e. The van der Waals surface area contributed by atoms with Gasteiger partial charge in [0.2, 0.25) is 0 Å². The van der Waals surface area contributed by atoms with E-state index in [1.165, 1.54) is 5.56 Å². The lowest BCUT2D eigenvalue weighted by atomic mass is 10.1. The molecular formula is C14H14N2O. The van der Waals surface area contributed by atoms with Crippen LogP contribution in [0.2, 0.25) is 0 Å². The van der Waals surface area contributed by atoms with Crippen LogP contribution in [-0.2, 0) is 4.79 Å². The van der Waals surface area contributed by atoms with Crippen LogP contribution in [0.5, 0.6) is 0 Å². The average Bonchev–Trinajstić information content (AvgIpc) is 2.78. The highest BCUT2D eigenvalue weighted by atomic mass is 16.1. The van der Waals surface area contributed by atoms with Gasteiger partial charge in [0, 0.05) is 19.3 Å². The van der Waals surface area contributed by atoms with Crippen molar-refractivity contribution in [2.24, 2.45) is 0 Å². The molecule has 3 heteroatoms. The van der Waals surface area contributed by atoms with Crippen LogP contribution in [0.25, 0.3) is 11.8 Å². The van der Waals surface area contributed by atoms with Gasteiger partial charge in [-0.25, -0.2) is 4.68 Å². The van der Waals surface area contributed by atoms with Gasteiger partial charge in [0.25, 0.3) is 0 Å². The summed E-state index contributed by atoms with van der Waals surface area (Å²) in [6.45, 7) is 3.57. The minimum atomic E-state index is -0.00444. The van der Waals surface area contributed by atoms with Gasteiger partial charge in [-0.15, -0.1) is 0 Å². The molecule has 0 N–H and O–H groups in total. The summed E-state index contributed by atoms with van der Waals surface area (Å²) in [7, 11) is 0. The number of aromatic nitrogens is 2. The van der Waals surface area contributed by atoms with Crippen LogP contribution in [0, 0.1) is 6.92 Å². The standard InChI is InChI=1S/C14H14N2O/c1-11-5-3-6-13(9-11)10-14(12(2)17)16-8-4-7-15-16/h3-10H,1-2H3/b14-10-. The summed E-state index contributed by atoms with van der Waals surface area (Å²) in [6, 6.07) is 9.81. The Bertz CT molecular complexity index is 553. The maximum atomic E-state index is 11.6. The fourth-order valence-corrected chi connectivity index (χ4v) is 1.66. The molecule has 0 aliphatic rings. The fraction of sp³-hybridized carbons (Fsp3) is 0.143. The third-order valence-electron chi connectivity index (χ3n) is 2.46. The number of carbonyl (C=O) groups excluding carboxylic acids is 1. The van der Waals surface area contributed by atoms with E-state index >= 15 is 0 Å². The normalized spacial score (nSPS) is 11.5. The quantitative estimate of drug-likeness (QED) is 0.754. The number of benzene rings is 1. The first-order valence-corrected chi connectivity index (χ1v) is 5.46. The van der Waals surface area contributed by atoms with Crippen LogP contribution in [0.15, 0.2) is 42.7 Å². The van der Waals surface area contributed by atoms with Crippen molar-refractivity contribution in [3.05, 3.63) is 53.9 Å². The van der Waals surface area contributed by atoms with Crippen molar-refractivity contribution in [1.29, 1.82) is 0 Å². The molecule has 0 radical (unpaired) electrons. The number of carbonyl (C=O) groups is 1. The van der Waals surface area contributed by atoms with Crippen LogP contribution in [0.4, 0.5) is 0 Å². The van der Waals surface area contributed by atoms with Crippen LogP contribution >= 0.6 is 0 Å². The molecule has 0 aliphatic carbocycles. The molecule has 1 aromatic carbocycles. The Labute approximate surface area is 100 Å². The summed E-state index contributed by atoms with van der Waals surface area (Å²) < 4.78 is 1.59. The zero-order valence-electron chi connectivity index (χ0n) is 9.92. The maximum Gasteiger partial charge on any atom is 0.178 e. The van der Waals surface area contributed by atoms with E-state index < -0.39 is 0 Å². The van der Waals surface area contributed by atoms with Gasteiger partial charge < -0.3 is 0 Å². The van der Waals surface area contributed by atoms with Crippen LogP contribution in [-0.4, -0.2) is 15.6 Å². The van der Waals surface area contributed by atoms with Crippen molar-refractivity contribution in [1.82, 2.24) is 9.78 Å². The number of aryl methyl sites for hydroxylation is 1. The molecule has 1 aromatic heterocycles. The van der Waals surface area contributed by atoms with E-state index in [1.54, 1.807) is 30.1 Å². The number of nitrogens with zero attached hydrogens (tertiary/aromatic N) is 2. The predicted octanol–water partition coefficient (Wildman–Crippen LogP) is 2.78. The Hall–Kier alpha value is -2.16. The van der Waals surface area contributed by atoms with E-state index in [9.17, 15) is 4.79 Å². The van der Waals surface area contributed by atoms with E-state index in [0.717, 1.165) is 5.56 Å². The molecule has 0 saturated heterocycles. The predicted molar refractivity (Wildman–Crippen MR) is 68.3 cm³/mol. The Balaban J connectivity index is 2.44. The second kappa shape index (κ2) is 4.78. The molecule has 0 aliphatic heterocycles. The summed E-state index contributed by atoms with van der Waals surface area (Å²) in [4.78, 5) is 11.6. The molecule has 0 bridgehead atoms.